The van der Waals surface area contributed by atoms with Crippen molar-refractivity contribution in [2.24, 2.45) is 5.73 Å². The van der Waals surface area contributed by atoms with Crippen LogP contribution in [-0.2, 0) is 14.4 Å². The lowest BCUT2D eigenvalue weighted by Crippen LogP contribution is -2.51. The molecule has 0 bridgehead atoms. The number of carboxylic acid groups (broad SMARTS) is 1. The van der Waals surface area contributed by atoms with Gasteiger partial charge in [0.2, 0.25) is 11.8 Å². The first-order valence-corrected chi connectivity index (χ1v) is 13.3. The average molecular weight is 590 g/mol. The minimum Gasteiger partial charge on any atom is -0.482 e. The van der Waals surface area contributed by atoms with Gasteiger partial charge in [0, 0.05) is 43.5 Å². The Hall–Kier alpha value is -5.66. The van der Waals surface area contributed by atoms with Crippen molar-refractivity contribution in [1.29, 1.82) is 5.41 Å². The first-order chi connectivity index (χ1) is 20.6. The van der Waals surface area contributed by atoms with Crippen molar-refractivity contribution in [2.45, 2.75) is 6.04 Å². The van der Waals surface area contributed by atoms with Crippen LogP contribution >= 0.6 is 0 Å². The first kappa shape index (κ1) is 30.3. The summed E-state index contributed by atoms with van der Waals surface area (Å²) >= 11 is 0. The van der Waals surface area contributed by atoms with Crippen LogP contribution in [0.15, 0.2) is 72.8 Å². The van der Waals surface area contributed by atoms with E-state index in [-0.39, 0.29) is 29.7 Å². The first-order valence-electron chi connectivity index (χ1n) is 13.3. The molecule has 1 aliphatic rings. The molecule has 14 heteroatoms. The van der Waals surface area contributed by atoms with E-state index in [9.17, 15) is 24.5 Å². The van der Waals surface area contributed by atoms with Crippen LogP contribution in [0.5, 0.6) is 5.75 Å². The molecule has 1 saturated heterocycles. The summed E-state index contributed by atoms with van der Waals surface area (Å²) < 4.78 is 5.27. The van der Waals surface area contributed by atoms with E-state index in [1.54, 1.807) is 65.6 Å². The van der Waals surface area contributed by atoms with Gasteiger partial charge in [0.1, 0.15) is 23.3 Å². The normalized spacial score (nSPS) is 13.5. The third kappa shape index (κ3) is 7.97. The van der Waals surface area contributed by atoms with Gasteiger partial charge in [-0.2, -0.15) is 0 Å². The minimum absolute atomic E-state index is 0.000601. The number of amides is 2. The number of benzene rings is 3. The van der Waals surface area contributed by atoms with Gasteiger partial charge in [-0.1, -0.05) is 36.4 Å². The Labute approximate surface area is 246 Å². The number of carbonyl (C=O) groups is 3. The van der Waals surface area contributed by atoms with Crippen LogP contribution in [0.4, 0.5) is 17.1 Å². The maximum atomic E-state index is 13.5. The molecule has 0 aromatic heterocycles. The smallest absolute Gasteiger partial charge is 0.341 e. The van der Waals surface area contributed by atoms with Crippen molar-refractivity contribution in [2.75, 3.05) is 49.5 Å². The summed E-state index contributed by atoms with van der Waals surface area (Å²) in [7, 11) is 0. The van der Waals surface area contributed by atoms with E-state index in [1.165, 1.54) is 12.1 Å². The van der Waals surface area contributed by atoms with E-state index in [4.69, 9.17) is 21.0 Å². The number of aliphatic carboxylic acids is 1. The number of para-hydroxylation sites is 2. The molecular weight excluding hydrogens is 558 g/mol. The van der Waals surface area contributed by atoms with Crippen LogP contribution in [0.25, 0.3) is 0 Å². The molecule has 1 heterocycles. The molecule has 2 amide bonds. The maximum absolute atomic E-state index is 13.5. The van der Waals surface area contributed by atoms with Gasteiger partial charge in [-0.05, 0) is 35.9 Å². The number of nitro benzene ring substituents is 1. The van der Waals surface area contributed by atoms with E-state index >= 15 is 0 Å². The number of nitrogens with two attached hydrogens (primary N) is 1. The van der Waals surface area contributed by atoms with Gasteiger partial charge in [-0.25, -0.2) is 4.79 Å². The van der Waals surface area contributed by atoms with Gasteiger partial charge in [0.25, 0.3) is 5.69 Å². The molecule has 0 saturated carbocycles. The topological polar surface area (TPSA) is 204 Å². The van der Waals surface area contributed by atoms with Gasteiger partial charge in [0.05, 0.1) is 11.5 Å². The van der Waals surface area contributed by atoms with Crippen LogP contribution in [-0.4, -0.2) is 77.9 Å². The number of hydrogen-bond donors (Lipinski definition) is 5. The lowest BCUT2D eigenvalue weighted by Gasteiger charge is -2.36. The van der Waals surface area contributed by atoms with Crippen molar-refractivity contribution >= 4 is 40.7 Å². The van der Waals surface area contributed by atoms with Gasteiger partial charge in [0.15, 0.2) is 6.61 Å². The Morgan fingerprint density at radius 3 is 2.44 bits per heavy atom. The Bertz CT molecular complexity index is 1520. The monoisotopic (exact) mass is 589 g/mol. The summed E-state index contributed by atoms with van der Waals surface area (Å²) in [5.74, 6) is -1.91. The van der Waals surface area contributed by atoms with E-state index < -0.39 is 29.4 Å². The molecule has 224 valence electrons. The highest BCUT2D eigenvalue weighted by Gasteiger charge is 2.27. The van der Waals surface area contributed by atoms with Crippen LogP contribution < -0.4 is 26.0 Å². The summed E-state index contributed by atoms with van der Waals surface area (Å²) in [5, 5.41) is 33.8. The zero-order valence-electron chi connectivity index (χ0n) is 23.1. The highest BCUT2D eigenvalue weighted by atomic mass is 16.6. The van der Waals surface area contributed by atoms with E-state index in [2.05, 4.69) is 10.6 Å². The van der Waals surface area contributed by atoms with Gasteiger partial charge in [-0.3, -0.25) is 25.1 Å². The summed E-state index contributed by atoms with van der Waals surface area (Å²) in [6.07, 6.45) is 0. The predicted octanol–water partition coefficient (Wildman–Crippen LogP) is 1.96. The number of rotatable bonds is 12. The second-order valence-electron chi connectivity index (χ2n) is 9.66. The molecule has 1 atom stereocenters. The van der Waals surface area contributed by atoms with Crippen molar-refractivity contribution < 1.29 is 29.2 Å². The number of nitrogens with one attached hydrogen (secondary N) is 3. The standard InChI is InChI=1S/C29H31N7O7/c30-28(31)20-6-3-7-21(15-20)33-27(19-5-4-8-22(16-19)43-18-26(38)39)29(40)32-17-25(37)35-13-11-34(12-14-35)23-9-1-2-10-24(23)36(41)42/h1-10,15-16,27,33H,11-14,17-18H2,(H3,30,31)(H,32,40)(H,38,39). The molecule has 6 N–H and O–H groups in total. The zero-order valence-corrected chi connectivity index (χ0v) is 23.1. The fourth-order valence-corrected chi connectivity index (χ4v) is 4.63. The fourth-order valence-electron chi connectivity index (χ4n) is 4.63. The Kier molecular flexibility index (Phi) is 9.73. The summed E-state index contributed by atoms with van der Waals surface area (Å²) in [6, 6.07) is 18.4. The minimum atomic E-state index is -1.15. The molecule has 4 rings (SSSR count). The molecule has 1 fully saturated rings. The van der Waals surface area contributed by atoms with Crippen LogP contribution in [0.1, 0.15) is 17.2 Å². The van der Waals surface area contributed by atoms with Gasteiger partial charge < -0.3 is 36.0 Å². The summed E-state index contributed by atoms with van der Waals surface area (Å²) in [4.78, 5) is 51.8. The molecule has 43 heavy (non-hydrogen) atoms. The second-order valence-corrected chi connectivity index (χ2v) is 9.66. The van der Waals surface area contributed by atoms with Crippen molar-refractivity contribution in [1.82, 2.24) is 10.2 Å². The number of nitrogens with zero attached hydrogens (tertiary/aromatic N) is 3. The van der Waals surface area contributed by atoms with E-state index in [0.29, 0.717) is 48.7 Å². The number of piperazine rings is 1. The number of hydrogen-bond acceptors (Lipinski definition) is 9. The number of amidine groups is 1. The average Bonchev–Trinajstić information content (AvgIpc) is 3.01. The maximum Gasteiger partial charge on any atom is 0.341 e. The molecule has 14 nitrogen and oxygen atoms in total. The number of ether oxygens (including phenoxy) is 1. The molecule has 0 spiro atoms. The molecule has 3 aromatic rings. The molecular formula is C29H31N7O7. The number of carboxylic acids is 1. The Morgan fingerprint density at radius 2 is 1.74 bits per heavy atom. The number of anilines is 2. The van der Waals surface area contributed by atoms with Gasteiger partial charge >= 0.3 is 5.97 Å². The number of nitro groups is 1. The number of carbonyl (C=O) groups excluding carboxylic acids is 2. The van der Waals surface area contributed by atoms with Crippen molar-refractivity contribution in [3.05, 3.63) is 94.0 Å². The Balaban J connectivity index is 1.44. The third-order valence-electron chi connectivity index (χ3n) is 6.77. The molecule has 3 aromatic carbocycles. The molecule has 1 unspecified atom stereocenters. The quantitative estimate of drug-likeness (QED) is 0.0899. The van der Waals surface area contributed by atoms with Crippen LogP contribution in [0, 0.1) is 15.5 Å². The summed E-state index contributed by atoms with van der Waals surface area (Å²) in [6.45, 7) is 0.583. The zero-order chi connectivity index (χ0) is 30.9. The largest absolute Gasteiger partial charge is 0.482 e. The Morgan fingerprint density at radius 1 is 1.02 bits per heavy atom. The second kappa shape index (κ2) is 13.8. The van der Waals surface area contributed by atoms with Crippen molar-refractivity contribution in [3.63, 3.8) is 0 Å². The lowest BCUT2D eigenvalue weighted by atomic mass is 10.0. The van der Waals surface area contributed by atoms with Gasteiger partial charge in [-0.15, -0.1) is 0 Å². The van der Waals surface area contributed by atoms with Crippen molar-refractivity contribution in [3.8, 4) is 5.75 Å². The third-order valence-corrected chi connectivity index (χ3v) is 6.77. The molecule has 0 aliphatic carbocycles. The lowest BCUT2D eigenvalue weighted by molar-refractivity contribution is -0.384. The predicted molar refractivity (Wildman–Crippen MR) is 158 cm³/mol. The molecule has 1 aliphatic heterocycles. The molecule has 0 radical (unpaired) electrons. The highest BCUT2D eigenvalue weighted by molar-refractivity contribution is 5.96. The van der Waals surface area contributed by atoms with E-state index in [0.717, 1.165) is 0 Å². The number of nitrogen functional groups attached to an aromatic ring is 1. The summed E-state index contributed by atoms with van der Waals surface area (Å²) in [5.41, 5.74) is 7.48. The fraction of sp³-hybridized carbons (Fsp3) is 0.241. The highest BCUT2D eigenvalue weighted by Crippen LogP contribution is 2.28. The van der Waals surface area contributed by atoms with Crippen LogP contribution in [0.3, 0.4) is 0 Å². The SMILES string of the molecule is N=C(N)c1cccc(NC(C(=O)NCC(=O)N2CCN(c3ccccc3[N+](=O)[O-])CC2)c2cccc(OCC(=O)O)c2)c1. The van der Waals surface area contributed by atoms with Crippen LogP contribution in [0.2, 0.25) is 0 Å². The van der Waals surface area contributed by atoms with E-state index in [1.807, 2.05) is 4.90 Å².